The number of alkyl halides is 2. The predicted molar refractivity (Wildman–Crippen MR) is 144 cm³/mol. The van der Waals surface area contributed by atoms with Crippen LogP contribution in [0.1, 0.15) is 128 Å². The number of aryl methyl sites for hydroxylation is 1. The Balaban J connectivity index is 0.000000651. The lowest BCUT2D eigenvalue weighted by molar-refractivity contribution is 0.538. The highest BCUT2D eigenvalue weighted by Gasteiger charge is 2.09. The molecule has 0 aliphatic rings. The largest absolute Gasteiger partial charge is 0.149 e. The van der Waals surface area contributed by atoms with Gasteiger partial charge in [-0.1, -0.05) is 149 Å². The number of hydrogen-bond donors (Lipinski definition) is 0. The fraction of sp³-hybridized carbons (Fsp3) is 0.846. The van der Waals surface area contributed by atoms with Crippen LogP contribution in [0.3, 0.4) is 0 Å². The smallest absolute Gasteiger partial charge is 0.0268 e. The Morgan fingerprint density at radius 3 is 1.66 bits per heavy atom. The Kier molecular flexibility index (Phi) is 23.9. The number of unbranched alkanes of at least 4 members (excludes halogenated alkanes) is 13. The standard InChI is InChI=1S/C17H34Br2.C9H14S/c1-3-4-5-6-7-8-9-10-11-12-13-14-15-17(19)16(2)18;1-2-3-4-6-9-7-5-8-10-9/h16-17H,3-15H2,1-2H3;5,7-8H,2-4,6H2,1H3. The second kappa shape index (κ2) is 23.3. The van der Waals surface area contributed by atoms with Crippen LogP contribution in [0.2, 0.25) is 0 Å². The van der Waals surface area contributed by atoms with E-state index in [-0.39, 0.29) is 0 Å². The molecule has 0 amide bonds. The van der Waals surface area contributed by atoms with E-state index in [0.717, 1.165) is 0 Å². The summed E-state index contributed by atoms with van der Waals surface area (Å²) in [5.41, 5.74) is 0. The van der Waals surface area contributed by atoms with Crippen LogP contribution in [-0.4, -0.2) is 9.65 Å². The van der Waals surface area contributed by atoms with Gasteiger partial charge in [0.05, 0.1) is 0 Å². The van der Waals surface area contributed by atoms with E-state index in [9.17, 15) is 0 Å². The van der Waals surface area contributed by atoms with Crippen LogP contribution in [0.4, 0.5) is 0 Å². The second-order valence-electron chi connectivity index (χ2n) is 8.41. The topological polar surface area (TPSA) is 0 Å². The molecule has 0 nitrogen and oxygen atoms in total. The van der Waals surface area contributed by atoms with Crippen molar-refractivity contribution in [2.45, 2.75) is 140 Å². The van der Waals surface area contributed by atoms with Gasteiger partial charge in [0.25, 0.3) is 0 Å². The molecular formula is C26H48Br2S. The fourth-order valence-electron chi connectivity index (χ4n) is 3.41. The number of halogens is 2. The Labute approximate surface area is 204 Å². The summed E-state index contributed by atoms with van der Waals surface area (Å²) in [6.45, 7) is 6.75. The fourth-order valence-corrected chi connectivity index (χ4v) is 4.75. The molecule has 0 aliphatic carbocycles. The molecule has 2 atom stereocenters. The van der Waals surface area contributed by atoms with Gasteiger partial charge < -0.3 is 0 Å². The van der Waals surface area contributed by atoms with E-state index >= 15 is 0 Å². The highest BCUT2D eigenvalue weighted by Crippen LogP contribution is 2.20. The first-order chi connectivity index (χ1) is 14.1. The number of rotatable bonds is 18. The summed E-state index contributed by atoms with van der Waals surface area (Å²) in [5.74, 6) is 0. The molecule has 0 aliphatic heterocycles. The van der Waals surface area contributed by atoms with Crippen molar-refractivity contribution < 1.29 is 0 Å². The maximum atomic E-state index is 3.72. The van der Waals surface area contributed by atoms with Crippen molar-refractivity contribution in [1.82, 2.24) is 0 Å². The van der Waals surface area contributed by atoms with Crippen molar-refractivity contribution in [3.05, 3.63) is 22.4 Å². The third kappa shape index (κ3) is 21.7. The van der Waals surface area contributed by atoms with Gasteiger partial charge in [0.1, 0.15) is 0 Å². The van der Waals surface area contributed by atoms with E-state index in [1.54, 1.807) is 0 Å². The maximum absolute atomic E-state index is 3.72. The lowest BCUT2D eigenvalue weighted by atomic mass is 10.0. The van der Waals surface area contributed by atoms with Gasteiger partial charge >= 0.3 is 0 Å². The first kappa shape index (κ1) is 29.7. The van der Waals surface area contributed by atoms with Crippen LogP contribution in [0.25, 0.3) is 0 Å². The molecule has 0 saturated heterocycles. The summed E-state index contributed by atoms with van der Waals surface area (Å²) in [6, 6.07) is 4.35. The zero-order chi connectivity index (χ0) is 21.6. The Hall–Kier alpha value is 0.660. The third-order valence-electron chi connectivity index (χ3n) is 5.44. The molecule has 2 unspecified atom stereocenters. The average molecular weight is 553 g/mol. The lowest BCUT2D eigenvalue weighted by Gasteiger charge is -2.11. The van der Waals surface area contributed by atoms with E-state index in [4.69, 9.17) is 0 Å². The van der Waals surface area contributed by atoms with Gasteiger partial charge in [-0.2, -0.15) is 0 Å². The maximum Gasteiger partial charge on any atom is 0.0268 e. The molecular weight excluding hydrogens is 504 g/mol. The van der Waals surface area contributed by atoms with Crippen LogP contribution in [0.5, 0.6) is 0 Å². The first-order valence-corrected chi connectivity index (χ1v) is 15.1. The van der Waals surface area contributed by atoms with E-state index in [1.807, 2.05) is 11.3 Å². The van der Waals surface area contributed by atoms with E-state index in [2.05, 4.69) is 70.1 Å². The molecule has 0 radical (unpaired) electrons. The molecule has 0 aromatic carbocycles. The highest BCUT2D eigenvalue weighted by molar-refractivity contribution is 9.12. The van der Waals surface area contributed by atoms with Crippen molar-refractivity contribution in [2.75, 3.05) is 0 Å². The molecule has 1 aromatic rings. The van der Waals surface area contributed by atoms with Crippen molar-refractivity contribution in [2.24, 2.45) is 0 Å². The van der Waals surface area contributed by atoms with Gasteiger partial charge in [-0.3, -0.25) is 0 Å². The minimum Gasteiger partial charge on any atom is -0.149 e. The van der Waals surface area contributed by atoms with E-state index < -0.39 is 0 Å². The predicted octanol–water partition coefficient (Wildman–Crippen LogP) is 11.1. The van der Waals surface area contributed by atoms with Crippen LogP contribution >= 0.6 is 43.2 Å². The average Bonchev–Trinajstić information content (AvgIpc) is 3.23. The van der Waals surface area contributed by atoms with Crippen LogP contribution in [0.15, 0.2) is 17.5 Å². The van der Waals surface area contributed by atoms with Gasteiger partial charge in [-0.05, 0) is 30.7 Å². The molecule has 0 bridgehead atoms. The molecule has 0 fully saturated rings. The van der Waals surface area contributed by atoms with Gasteiger partial charge in [-0.25, -0.2) is 0 Å². The van der Waals surface area contributed by atoms with Crippen LogP contribution < -0.4 is 0 Å². The number of hydrogen-bond acceptors (Lipinski definition) is 1. The third-order valence-corrected chi connectivity index (χ3v) is 8.97. The molecule has 1 heterocycles. The molecule has 0 spiro atoms. The molecule has 1 rings (SSSR count). The summed E-state index contributed by atoms with van der Waals surface area (Å²) in [5, 5.41) is 2.15. The zero-order valence-corrected chi connectivity index (χ0v) is 23.6. The zero-order valence-electron chi connectivity index (χ0n) is 19.6. The Bertz CT molecular complexity index is 403. The Morgan fingerprint density at radius 2 is 1.21 bits per heavy atom. The van der Waals surface area contributed by atoms with Gasteiger partial charge in [0.2, 0.25) is 0 Å². The van der Waals surface area contributed by atoms with Gasteiger partial charge in [0, 0.05) is 14.5 Å². The molecule has 172 valence electrons. The molecule has 29 heavy (non-hydrogen) atoms. The van der Waals surface area contributed by atoms with Crippen molar-refractivity contribution in [1.29, 1.82) is 0 Å². The van der Waals surface area contributed by atoms with Crippen molar-refractivity contribution in [3.63, 3.8) is 0 Å². The Morgan fingerprint density at radius 1 is 0.724 bits per heavy atom. The van der Waals surface area contributed by atoms with E-state index in [1.165, 1.54) is 114 Å². The van der Waals surface area contributed by atoms with Crippen LogP contribution in [-0.2, 0) is 6.42 Å². The molecule has 0 N–H and O–H groups in total. The monoisotopic (exact) mass is 550 g/mol. The second-order valence-corrected chi connectivity index (χ2v) is 12.1. The molecule has 1 aromatic heterocycles. The van der Waals surface area contributed by atoms with E-state index in [0.29, 0.717) is 9.65 Å². The normalized spacial score (nSPS) is 13.0. The van der Waals surface area contributed by atoms with Crippen molar-refractivity contribution >= 4 is 43.2 Å². The van der Waals surface area contributed by atoms with Gasteiger partial charge in [0.15, 0.2) is 0 Å². The minimum atomic E-state index is 0.597. The highest BCUT2D eigenvalue weighted by atomic mass is 79.9. The first-order valence-electron chi connectivity index (χ1n) is 12.4. The summed E-state index contributed by atoms with van der Waals surface area (Å²) < 4.78 is 0. The number of thiophene rings is 1. The van der Waals surface area contributed by atoms with Gasteiger partial charge in [-0.15, -0.1) is 11.3 Å². The molecule has 3 heteroatoms. The van der Waals surface area contributed by atoms with Crippen molar-refractivity contribution in [3.8, 4) is 0 Å². The quantitative estimate of drug-likeness (QED) is 0.126. The minimum absolute atomic E-state index is 0.597. The summed E-state index contributed by atoms with van der Waals surface area (Å²) >= 11 is 9.22. The van der Waals surface area contributed by atoms with Crippen LogP contribution in [0, 0.1) is 0 Å². The summed E-state index contributed by atoms with van der Waals surface area (Å²) in [4.78, 5) is 2.78. The summed E-state index contributed by atoms with van der Waals surface area (Å²) in [7, 11) is 0. The summed E-state index contributed by atoms with van der Waals surface area (Å²) in [6.07, 6.45) is 23.9. The lowest BCUT2D eigenvalue weighted by Crippen LogP contribution is -2.08. The SMILES string of the molecule is CCCCCCCCCCCCCCC(Br)C(C)Br.CCCCCc1cccs1. The molecule has 0 saturated carbocycles.